The molecule has 1 aromatic carbocycles. The number of ether oxygens (including phenoxy) is 3. The van der Waals surface area contributed by atoms with Crippen molar-refractivity contribution < 1.29 is 27.2 Å². The van der Waals surface area contributed by atoms with Crippen molar-refractivity contribution >= 4 is 6.29 Å². The molecule has 0 aliphatic heterocycles. The Bertz CT molecular complexity index is 497. The largest absolute Gasteiger partial charge is 0.493 e. The highest BCUT2D eigenvalue weighted by Gasteiger charge is 2.05. The quantitative estimate of drug-likeness (QED) is 0.530. The summed E-state index contributed by atoms with van der Waals surface area (Å²) in [6.45, 7) is 0.0368. The second-order valence-electron chi connectivity index (χ2n) is 2.98. The van der Waals surface area contributed by atoms with Crippen LogP contribution in [0.15, 0.2) is 18.2 Å². The number of hydrogen-bond acceptors (Lipinski definition) is 4. The number of aldehydes is 1. The summed E-state index contributed by atoms with van der Waals surface area (Å²) in [4.78, 5) is 10.8. The predicted octanol–water partition coefficient (Wildman–Crippen LogP) is 1.92. The summed E-state index contributed by atoms with van der Waals surface area (Å²) in [6, 6.07) is 4.07. The minimum Gasteiger partial charge on any atom is -0.493 e. The fraction of sp³-hybridized carbons (Fsp3) is 0.417. The number of hydrogen-bond donors (Lipinski definition) is 0. The van der Waals surface area contributed by atoms with Crippen LogP contribution in [0.2, 0.25) is 0 Å². The molecule has 88 valence electrons. The van der Waals surface area contributed by atoms with Crippen molar-refractivity contribution in [2.24, 2.45) is 0 Å². The van der Waals surface area contributed by atoms with Gasteiger partial charge < -0.3 is 14.2 Å². The summed E-state index contributed by atoms with van der Waals surface area (Å²) in [5, 5.41) is 0. The number of benzene rings is 1. The zero-order valence-corrected chi connectivity index (χ0v) is 8.56. The van der Waals surface area contributed by atoms with E-state index in [1.807, 2.05) is 0 Å². The Balaban J connectivity index is 2.64. The van der Waals surface area contributed by atoms with Gasteiger partial charge in [-0.2, -0.15) is 0 Å². The molecule has 0 radical (unpaired) electrons. The van der Waals surface area contributed by atoms with Crippen molar-refractivity contribution in [2.75, 3.05) is 27.3 Å². The highest BCUT2D eigenvalue weighted by atomic mass is 16.5. The van der Waals surface area contributed by atoms with E-state index in [9.17, 15) is 4.79 Å². The summed E-state index contributed by atoms with van der Waals surface area (Å²) in [5.74, 6) is 0.0666. The molecule has 0 spiro atoms. The monoisotopic (exact) mass is 230 g/mol. The lowest BCUT2D eigenvalue weighted by Gasteiger charge is -2.10. The summed E-state index contributed by atoms with van der Waals surface area (Å²) in [5.41, 5.74) is 0.298. The fourth-order valence-electron chi connectivity index (χ4n) is 1.11. The molecule has 0 aliphatic carbocycles. The molecule has 0 bridgehead atoms. The molecule has 0 amide bonds. The van der Waals surface area contributed by atoms with Crippen LogP contribution in [0.1, 0.15) is 25.0 Å². The second-order valence-corrected chi connectivity index (χ2v) is 2.98. The van der Waals surface area contributed by atoms with Crippen LogP contribution in [0, 0.1) is 0 Å². The van der Waals surface area contributed by atoms with Crippen LogP contribution in [-0.2, 0) is 4.74 Å². The number of carbonyl (C=O) groups is 1. The average molecular weight is 230 g/mol. The Morgan fingerprint density at radius 1 is 1.31 bits per heavy atom. The molecular weight excluding hydrogens is 208 g/mol. The van der Waals surface area contributed by atoms with E-state index in [0.717, 1.165) is 0 Å². The number of carbonyl (C=O) groups excluding carboxylic acids is 1. The summed E-state index contributed by atoms with van der Waals surface area (Å²) in [7, 11) is -5.11. The molecule has 0 N–H and O–H groups in total. The SMILES string of the molecule is [2H]C([2H])([2H])OCCCOc1cc(C=O)ccc1OC([2H])([2H])[2H]. The van der Waals surface area contributed by atoms with Gasteiger partial charge in [0.05, 0.1) is 21.9 Å². The van der Waals surface area contributed by atoms with Crippen molar-refractivity contribution in [3.8, 4) is 11.5 Å². The van der Waals surface area contributed by atoms with Crippen LogP contribution in [0.25, 0.3) is 0 Å². The van der Waals surface area contributed by atoms with E-state index in [0.29, 0.717) is 11.8 Å². The van der Waals surface area contributed by atoms with E-state index in [-0.39, 0.29) is 31.1 Å². The third kappa shape index (κ3) is 3.55. The van der Waals surface area contributed by atoms with Crippen LogP contribution in [-0.4, -0.2) is 33.6 Å². The lowest BCUT2D eigenvalue weighted by Crippen LogP contribution is -2.03. The topological polar surface area (TPSA) is 44.8 Å². The van der Waals surface area contributed by atoms with Crippen molar-refractivity contribution in [3.05, 3.63) is 23.8 Å². The zero-order chi connectivity index (χ0) is 16.8. The number of rotatable bonds is 7. The van der Waals surface area contributed by atoms with Crippen molar-refractivity contribution in [2.45, 2.75) is 6.42 Å². The van der Waals surface area contributed by atoms with Crippen LogP contribution in [0.5, 0.6) is 11.5 Å². The summed E-state index contributed by atoms with van der Waals surface area (Å²) >= 11 is 0. The molecule has 0 unspecified atom stereocenters. The van der Waals surface area contributed by atoms with Gasteiger partial charge >= 0.3 is 0 Å². The van der Waals surface area contributed by atoms with Gasteiger partial charge in [-0.15, -0.1) is 0 Å². The average Bonchev–Trinajstić information content (AvgIpc) is 2.37. The van der Waals surface area contributed by atoms with Gasteiger partial charge in [-0.25, -0.2) is 0 Å². The lowest BCUT2D eigenvalue weighted by molar-refractivity contribution is 0.112. The highest BCUT2D eigenvalue weighted by Crippen LogP contribution is 2.27. The molecule has 0 saturated carbocycles. The maximum atomic E-state index is 10.8. The van der Waals surface area contributed by atoms with E-state index >= 15 is 0 Å². The summed E-state index contributed by atoms with van der Waals surface area (Å²) < 4.78 is 56.5. The van der Waals surface area contributed by atoms with E-state index in [1.54, 1.807) is 0 Å². The second kappa shape index (κ2) is 6.85. The zero-order valence-electron chi connectivity index (χ0n) is 14.6. The molecule has 1 rings (SSSR count). The molecule has 0 aromatic heterocycles. The molecule has 4 nitrogen and oxygen atoms in total. The van der Waals surface area contributed by atoms with Crippen molar-refractivity contribution in [3.63, 3.8) is 0 Å². The highest BCUT2D eigenvalue weighted by molar-refractivity contribution is 5.76. The Kier molecular flexibility index (Phi) is 2.67. The smallest absolute Gasteiger partial charge is 0.161 e. The summed E-state index contributed by atoms with van der Waals surface area (Å²) in [6.07, 6.45) is 0.862. The van der Waals surface area contributed by atoms with Crippen LogP contribution < -0.4 is 9.47 Å². The first kappa shape index (κ1) is 6.25. The first-order valence-corrected chi connectivity index (χ1v) is 4.66. The van der Waals surface area contributed by atoms with Crippen LogP contribution in [0.3, 0.4) is 0 Å². The van der Waals surface area contributed by atoms with E-state index in [4.69, 9.17) is 17.7 Å². The number of methoxy groups -OCH3 is 2. The van der Waals surface area contributed by atoms with Gasteiger partial charge in [0, 0.05) is 25.6 Å². The predicted molar refractivity (Wildman–Crippen MR) is 60.4 cm³/mol. The molecule has 0 fully saturated rings. The van der Waals surface area contributed by atoms with Gasteiger partial charge in [0.2, 0.25) is 0 Å². The van der Waals surface area contributed by atoms with E-state index in [1.165, 1.54) is 18.2 Å². The van der Waals surface area contributed by atoms with Gasteiger partial charge in [-0.1, -0.05) is 0 Å². The Morgan fingerprint density at radius 2 is 2.25 bits per heavy atom. The third-order valence-electron chi connectivity index (χ3n) is 1.86. The fourth-order valence-corrected chi connectivity index (χ4v) is 1.11. The van der Waals surface area contributed by atoms with E-state index < -0.39 is 14.1 Å². The first-order chi connectivity index (χ1) is 10.1. The Hall–Kier alpha value is -1.55. The molecule has 1 aromatic rings. The first-order valence-electron chi connectivity index (χ1n) is 7.66. The van der Waals surface area contributed by atoms with Crippen molar-refractivity contribution in [1.82, 2.24) is 0 Å². The van der Waals surface area contributed by atoms with Gasteiger partial charge in [-0.3, -0.25) is 4.79 Å². The lowest BCUT2D eigenvalue weighted by atomic mass is 10.2. The minimum atomic E-state index is -2.65. The minimum absolute atomic E-state index is 0.0256. The molecule has 0 saturated heterocycles. The maximum absolute atomic E-state index is 10.8. The normalized spacial score (nSPS) is 17.0. The van der Waals surface area contributed by atoms with Crippen molar-refractivity contribution in [1.29, 1.82) is 0 Å². The molecule has 0 atom stereocenters. The van der Waals surface area contributed by atoms with Gasteiger partial charge in [0.15, 0.2) is 11.5 Å². The standard InChI is InChI=1S/C12H16O4/c1-14-6-3-7-16-12-8-10(9-13)4-5-11(12)15-2/h4-5,8-9H,3,6-7H2,1-2H3/i1D3,2D3. The molecule has 4 heteroatoms. The molecular formula is C12H16O4. The third-order valence-corrected chi connectivity index (χ3v) is 1.86. The maximum Gasteiger partial charge on any atom is 0.161 e. The Morgan fingerprint density at radius 3 is 3.00 bits per heavy atom. The van der Waals surface area contributed by atoms with Gasteiger partial charge in [-0.05, 0) is 18.2 Å². The Labute approximate surface area is 104 Å². The van der Waals surface area contributed by atoms with Crippen LogP contribution >= 0.6 is 0 Å². The van der Waals surface area contributed by atoms with Crippen LogP contribution in [0.4, 0.5) is 0 Å². The van der Waals surface area contributed by atoms with Gasteiger partial charge in [0.1, 0.15) is 6.29 Å². The molecule has 0 heterocycles. The van der Waals surface area contributed by atoms with Gasteiger partial charge in [0.25, 0.3) is 0 Å². The van der Waals surface area contributed by atoms with E-state index in [2.05, 4.69) is 4.74 Å². The molecule has 0 aliphatic rings. The molecule has 16 heavy (non-hydrogen) atoms.